The smallest absolute Gasteiger partial charge is 0.181 e. The van der Waals surface area contributed by atoms with E-state index in [2.05, 4.69) is 10.1 Å². The van der Waals surface area contributed by atoms with Gasteiger partial charge in [0, 0.05) is 49.8 Å². The minimum absolute atomic E-state index is 0.0302. The lowest BCUT2D eigenvalue weighted by atomic mass is 10.1. The van der Waals surface area contributed by atoms with Crippen LogP contribution in [-0.2, 0) is 6.80 Å². The van der Waals surface area contributed by atoms with Crippen molar-refractivity contribution in [3.63, 3.8) is 0 Å². The first-order chi connectivity index (χ1) is 16.0. The Labute approximate surface area is 191 Å². The van der Waals surface area contributed by atoms with Crippen molar-refractivity contribution in [3.05, 3.63) is 59.6 Å². The third kappa shape index (κ3) is 4.43. The van der Waals surface area contributed by atoms with Crippen molar-refractivity contribution in [1.82, 2.24) is 24.7 Å². The summed E-state index contributed by atoms with van der Waals surface area (Å²) in [6.07, 6.45) is 5.62. The van der Waals surface area contributed by atoms with Gasteiger partial charge in [0.2, 0.25) is 0 Å². The predicted octanol–water partition coefficient (Wildman–Crippen LogP) is 4.79. The quantitative estimate of drug-likeness (QED) is 0.387. The molecule has 3 aromatic heterocycles. The van der Waals surface area contributed by atoms with Gasteiger partial charge in [-0.2, -0.15) is 5.10 Å². The number of halogens is 4. The van der Waals surface area contributed by atoms with Gasteiger partial charge in [0.1, 0.15) is 28.3 Å². The number of pyridine rings is 1. The summed E-state index contributed by atoms with van der Waals surface area (Å²) in [4.78, 5) is 15.6. The summed E-state index contributed by atoms with van der Waals surface area (Å²) in [5.74, 6) is -0.737. The lowest BCUT2D eigenvalue weighted by molar-refractivity contribution is 0.163. The Bertz CT molecular complexity index is 1310. The molecule has 170 valence electrons. The molecule has 1 fully saturated rings. The molecule has 33 heavy (non-hydrogen) atoms. The van der Waals surface area contributed by atoms with Gasteiger partial charge in [0.25, 0.3) is 0 Å². The highest BCUT2D eigenvalue weighted by Gasteiger charge is 2.26. The van der Waals surface area contributed by atoms with E-state index in [0.717, 1.165) is 6.07 Å². The highest BCUT2D eigenvalue weighted by Crippen LogP contribution is 2.32. The molecule has 7 nitrogen and oxygen atoms in total. The Morgan fingerprint density at radius 2 is 1.88 bits per heavy atom. The zero-order chi connectivity index (χ0) is 22.9. The summed E-state index contributed by atoms with van der Waals surface area (Å²) < 4.78 is 47.1. The molecule has 0 aliphatic carbocycles. The summed E-state index contributed by atoms with van der Waals surface area (Å²) in [5.41, 5.74) is 2.31. The molecule has 11 heteroatoms. The molecule has 0 radical (unpaired) electrons. The van der Waals surface area contributed by atoms with Gasteiger partial charge in [0.15, 0.2) is 24.2 Å². The monoisotopic (exact) mass is 474 g/mol. The molecular formula is C22H18ClF3N6O. The van der Waals surface area contributed by atoms with Gasteiger partial charge in [0.05, 0.1) is 17.9 Å². The van der Waals surface area contributed by atoms with Crippen molar-refractivity contribution < 1.29 is 17.9 Å². The number of fused-ring (bicyclic) bond motifs is 1. The minimum Gasteiger partial charge on any atom is -0.487 e. The normalized spacial score (nSPS) is 14.7. The lowest BCUT2D eigenvalue weighted by Gasteiger charge is -2.33. The fourth-order valence-electron chi connectivity index (χ4n) is 3.83. The average molecular weight is 475 g/mol. The molecule has 5 rings (SSSR count). The molecule has 0 bridgehead atoms. The number of anilines is 1. The van der Waals surface area contributed by atoms with Crippen molar-refractivity contribution in [2.24, 2.45) is 0 Å². The van der Waals surface area contributed by atoms with Crippen LogP contribution in [0.5, 0.6) is 5.75 Å². The number of hydrogen-bond donors (Lipinski definition) is 0. The number of nitrogens with zero attached hydrogens (tertiary/aromatic N) is 6. The van der Waals surface area contributed by atoms with Crippen LogP contribution < -0.4 is 9.64 Å². The molecule has 1 aliphatic heterocycles. The molecule has 1 aromatic carbocycles. The van der Waals surface area contributed by atoms with Crippen LogP contribution >= 0.6 is 11.6 Å². The van der Waals surface area contributed by atoms with Gasteiger partial charge < -0.3 is 9.64 Å². The first-order valence-corrected chi connectivity index (χ1v) is 10.7. The maximum atomic E-state index is 14.0. The van der Waals surface area contributed by atoms with Gasteiger partial charge in [-0.1, -0.05) is 11.6 Å². The molecular weight excluding hydrogens is 457 g/mol. The highest BCUT2D eigenvalue weighted by atomic mass is 35.5. The van der Waals surface area contributed by atoms with Crippen LogP contribution in [0.2, 0.25) is 5.15 Å². The molecule has 0 N–H and O–H groups in total. The van der Waals surface area contributed by atoms with Gasteiger partial charge in [-0.05, 0) is 12.1 Å². The fraction of sp³-hybridized carbons (Fsp3) is 0.273. The largest absolute Gasteiger partial charge is 0.487 e. The molecule has 0 saturated carbocycles. The summed E-state index contributed by atoms with van der Waals surface area (Å²) >= 11 is 6.02. The topological polar surface area (TPSA) is 69.0 Å². The zero-order valence-electron chi connectivity index (χ0n) is 17.3. The Morgan fingerprint density at radius 3 is 2.61 bits per heavy atom. The van der Waals surface area contributed by atoms with E-state index in [1.54, 1.807) is 18.5 Å². The number of ether oxygens (including phenoxy) is 1. The SMILES string of the molecule is FCn1cc(-c2nc3cc(Cl)ncc3nc2N2CCC(Oc3ccc(F)cc3F)CC2)cn1. The number of rotatable bonds is 5. The molecule has 1 aliphatic rings. The second kappa shape index (κ2) is 8.86. The summed E-state index contributed by atoms with van der Waals surface area (Å²) in [6.45, 7) is 0.382. The predicted molar refractivity (Wildman–Crippen MR) is 117 cm³/mol. The fourth-order valence-corrected chi connectivity index (χ4v) is 3.98. The Balaban J connectivity index is 1.42. The third-order valence-corrected chi connectivity index (χ3v) is 5.66. The van der Waals surface area contributed by atoms with Crippen LogP contribution in [0.4, 0.5) is 19.0 Å². The summed E-state index contributed by atoms with van der Waals surface area (Å²) in [5, 5.41) is 4.30. The number of alkyl halides is 1. The van der Waals surface area contributed by atoms with Crippen LogP contribution in [-0.4, -0.2) is 43.9 Å². The van der Waals surface area contributed by atoms with Crippen LogP contribution in [0.1, 0.15) is 12.8 Å². The number of piperidine rings is 1. The average Bonchev–Trinajstić information content (AvgIpc) is 3.30. The minimum atomic E-state index is -0.755. The zero-order valence-corrected chi connectivity index (χ0v) is 18.0. The second-order valence-electron chi connectivity index (χ2n) is 7.66. The summed E-state index contributed by atoms with van der Waals surface area (Å²) in [7, 11) is 0. The van der Waals surface area contributed by atoms with Crippen molar-refractivity contribution >= 4 is 28.5 Å². The van der Waals surface area contributed by atoms with Crippen LogP contribution in [0.25, 0.3) is 22.3 Å². The first kappa shape index (κ1) is 21.4. The van der Waals surface area contributed by atoms with Gasteiger partial charge in [-0.3, -0.25) is 0 Å². The van der Waals surface area contributed by atoms with E-state index < -0.39 is 18.4 Å². The highest BCUT2D eigenvalue weighted by molar-refractivity contribution is 6.29. The van der Waals surface area contributed by atoms with E-state index in [0.29, 0.717) is 59.2 Å². The number of benzene rings is 1. The van der Waals surface area contributed by atoms with E-state index in [1.165, 1.54) is 23.0 Å². The molecule has 0 unspecified atom stereocenters. The van der Waals surface area contributed by atoms with E-state index >= 15 is 0 Å². The van der Waals surface area contributed by atoms with Crippen molar-refractivity contribution in [1.29, 1.82) is 0 Å². The van der Waals surface area contributed by atoms with Crippen molar-refractivity contribution in [2.45, 2.75) is 25.7 Å². The maximum absolute atomic E-state index is 14.0. The molecule has 1 saturated heterocycles. The Kier molecular flexibility index (Phi) is 5.76. The van der Waals surface area contributed by atoms with E-state index in [4.69, 9.17) is 26.3 Å². The molecule has 0 atom stereocenters. The molecule has 4 heterocycles. The Morgan fingerprint density at radius 1 is 1.06 bits per heavy atom. The van der Waals surface area contributed by atoms with Crippen LogP contribution in [0.15, 0.2) is 42.9 Å². The van der Waals surface area contributed by atoms with Gasteiger partial charge >= 0.3 is 0 Å². The third-order valence-electron chi connectivity index (χ3n) is 5.46. The van der Waals surface area contributed by atoms with Crippen molar-refractivity contribution in [3.8, 4) is 17.0 Å². The standard InChI is InChI=1S/C22H18ClF3N6O/c23-20-8-17-18(10-27-20)30-22(21(29-17)13-9-28-32(11-13)12-24)31-5-3-15(4-6-31)33-19-2-1-14(25)7-16(19)26/h1-2,7-11,15H,3-6,12H2. The number of aromatic nitrogens is 5. The van der Waals surface area contributed by atoms with Crippen molar-refractivity contribution in [2.75, 3.05) is 18.0 Å². The van der Waals surface area contributed by atoms with Gasteiger partial charge in [-0.15, -0.1) is 0 Å². The number of hydrogen-bond acceptors (Lipinski definition) is 6. The summed E-state index contributed by atoms with van der Waals surface area (Å²) in [6, 6.07) is 4.89. The lowest BCUT2D eigenvalue weighted by Crippen LogP contribution is -2.39. The first-order valence-electron chi connectivity index (χ1n) is 10.3. The Hall–Kier alpha value is -3.40. The second-order valence-corrected chi connectivity index (χ2v) is 8.05. The molecule has 0 amide bonds. The molecule has 4 aromatic rings. The van der Waals surface area contributed by atoms with E-state index in [9.17, 15) is 13.2 Å². The van der Waals surface area contributed by atoms with Crippen LogP contribution in [0.3, 0.4) is 0 Å². The van der Waals surface area contributed by atoms with E-state index in [1.807, 2.05) is 4.90 Å². The van der Waals surface area contributed by atoms with Gasteiger partial charge in [-0.25, -0.2) is 32.8 Å². The molecule has 0 spiro atoms. The van der Waals surface area contributed by atoms with E-state index in [-0.39, 0.29) is 11.9 Å². The maximum Gasteiger partial charge on any atom is 0.181 e. The van der Waals surface area contributed by atoms with Crippen LogP contribution in [0, 0.1) is 11.6 Å².